The molecule has 7 heteroatoms. The highest BCUT2D eigenvalue weighted by atomic mass is 32.1. The molecular formula is C18H24N4O2S. The van der Waals surface area contributed by atoms with Crippen molar-refractivity contribution in [3.05, 3.63) is 46.5 Å². The molecule has 1 aromatic heterocycles. The van der Waals surface area contributed by atoms with Crippen LogP contribution in [0.1, 0.15) is 36.7 Å². The van der Waals surface area contributed by atoms with Crippen LogP contribution in [0.4, 0.5) is 5.13 Å². The van der Waals surface area contributed by atoms with Gasteiger partial charge >= 0.3 is 5.97 Å². The van der Waals surface area contributed by atoms with Gasteiger partial charge in [-0.05, 0) is 39.1 Å². The molecule has 0 fully saturated rings. The molecule has 0 aliphatic heterocycles. The highest BCUT2D eigenvalue weighted by molar-refractivity contribution is 7.13. The van der Waals surface area contributed by atoms with Crippen LogP contribution < -0.4 is 5.43 Å². The number of aromatic nitrogens is 1. The Kier molecular flexibility index (Phi) is 7.09. The minimum atomic E-state index is -0.269. The Morgan fingerprint density at radius 1 is 1.40 bits per heavy atom. The lowest BCUT2D eigenvalue weighted by atomic mass is 10.1. The largest absolute Gasteiger partial charge is 0.466 e. The number of benzene rings is 1. The van der Waals surface area contributed by atoms with E-state index >= 15 is 0 Å². The van der Waals surface area contributed by atoms with E-state index in [-0.39, 0.29) is 12.4 Å². The molecule has 25 heavy (non-hydrogen) atoms. The minimum Gasteiger partial charge on any atom is -0.466 e. The number of esters is 1. The van der Waals surface area contributed by atoms with Gasteiger partial charge in [0.05, 0.1) is 24.9 Å². The molecule has 0 radical (unpaired) electrons. The number of nitrogens with one attached hydrogen (secondary N) is 1. The molecule has 0 amide bonds. The summed E-state index contributed by atoms with van der Waals surface area (Å²) in [7, 11) is 4.13. The van der Waals surface area contributed by atoms with Crippen molar-refractivity contribution < 1.29 is 9.53 Å². The van der Waals surface area contributed by atoms with Crippen molar-refractivity contribution in [2.45, 2.75) is 26.3 Å². The van der Waals surface area contributed by atoms with Gasteiger partial charge in [-0.15, -0.1) is 11.3 Å². The molecule has 0 saturated heterocycles. The first kappa shape index (κ1) is 19.1. The summed E-state index contributed by atoms with van der Waals surface area (Å²) in [6, 6.07) is 8.65. The van der Waals surface area contributed by atoms with Crippen LogP contribution in [0.2, 0.25) is 0 Å². The number of hydrogen-bond donors (Lipinski definition) is 1. The van der Waals surface area contributed by atoms with Gasteiger partial charge in [0.15, 0.2) is 0 Å². The van der Waals surface area contributed by atoms with Gasteiger partial charge in [0.2, 0.25) is 5.13 Å². The van der Waals surface area contributed by atoms with E-state index < -0.39 is 0 Å². The maximum absolute atomic E-state index is 11.4. The first-order chi connectivity index (χ1) is 12.0. The molecular weight excluding hydrogens is 336 g/mol. The highest BCUT2D eigenvalue weighted by Gasteiger charge is 2.08. The maximum Gasteiger partial charge on any atom is 0.311 e. The third kappa shape index (κ3) is 5.95. The van der Waals surface area contributed by atoms with Crippen LogP contribution in [0.3, 0.4) is 0 Å². The monoisotopic (exact) mass is 360 g/mol. The molecule has 0 aliphatic rings. The minimum absolute atomic E-state index is 0.182. The van der Waals surface area contributed by atoms with Gasteiger partial charge in [-0.2, -0.15) is 5.10 Å². The fraction of sp³-hybridized carbons (Fsp3) is 0.389. The number of rotatable bonds is 8. The molecule has 0 aliphatic carbocycles. The molecule has 0 spiro atoms. The second kappa shape index (κ2) is 9.29. The zero-order valence-electron chi connectivity index (χ0n) is 15.0. The average Bonchev–Trinajstić information content (AvgIpc) is 3.02. The topological polar surface area (TPSA) is 66.8 Å². The first-order valence-corrected chi connectivity index (χ1v) is 9.03. The summed E-state index contributed by atoms with van der Waals surface area (Å²) in [4.78, 5) is 17.9. The van der Waals surface area contributed by atoms with Crippen molar-refractivity contribution in [1.29, 1.82) is 0 Å². The van der Waals surface area contributed by atoms with Gasteiger partial charge in [0.1, 0.15) is 0 Å². The van der Waals surface area contributed by atoms with E-state index in [0.717, 1.165) is 5.56 Å². The van der Waals surface area contributed by atoms with E-state index in [0.29, 0.717) is 23.5 Å². The Morgan fingerprint density at radius 3 is 2.76 bits per heavy atom. The SMILES string of the molecule is CCOC(=O)Cc1csc(NN=Cc2ccc(C(C)N(C)C)cc2)n1. The normalized spacial score (nSPS) is 12.5. The predicted octanol–water partition coefficient (Wildman–Crippen LogP) is 3.32. The van der Waals surface area contributed by atoms with E-state index in [9.17, 15) is 4.79 Å². The summed E-state index contributed by atoms with van der Waals surface area (Å²) in [5, 5.41) is 6.67. The molecule has 134 valence electrons. The second-order valence-electron chi connectivity index (χ2n) is 5.80. The van der Waals surface area contributed by atoms with Crippen molar-refractivity contribution in [3.63, 3.8) is 0 Å². The molecule has 1 aromatic carbocycles. The molecule has 0 bridgehead atoms. The van der Waals surface area contributed by atoms with Gasteiger partial charge in [0.25, 0.3) is 0 Å². The third-order valence-electron chi connectivity index (χ3n) is 3.75. The molecule has 1 unspecified atom stereocenters. The van der Waals surface area contributed by atoms with Crippen LogP contribution in [0.15, 0.2) is 34.7 Å². The van der Waals surface area contributed by atoms with E-state index in [2.05, 4.69) is 53.6 Å². The predicted molar refractivity (Wildman–Crippen MR) is 102 cm³/mol. The van der Waals surface area contributed by atoms with Gasteiger partial charge < -0.3 is 9.64 Å². The quantitative estimate of drug-likeness (QED) is 0.444. The second-order valence-corrected chi connectivity index (χ2v) is 6.66. The molecule has 1 N–H and O–H groups in total. The van der Waals surface area contributed by atoms with E-state index in [4.69, 9.17) is 4.74 Å². The molecule has 0 saturated carbocycles. The Bertz CT molecular complexity index is 710. The van der Waals surface area contributed by atoms with Crippen molar-refractivity contribution in [3.8, 4) is 0 Å². The average molecular weight is 360 g/mol. The fourth-order valence-electron chi connectivity index (χ4n) is 2.12. The van der Waals surface area contributed by atoms with Crippen molar-refractivity contribution in [2.24, 2.45) is 5.10 Å². The smallest absolute Gasteiger partial charge is 0.311 e. The Balaban J connectivity index is 1.88. The van der Waals surface area contributed by atoms with Crippen molar-refractivity contribution >= 4 is 28.7 Å². The molecule has 1 atom stereocenters. The van der Waals surface area contributed by atoms with Crippen LogP contribution in [-0.2, 0) is 16.0 Å². The summed E-state index contributed by atoms with van der Waals surface area (Å²) >= 11 is 1.41. The molecule has 1 heterocycles. The number of carbonyl (C=O) groups excluding carboxylic acids is 1. The number of carbonyl (C=O) groups is 1. The van der Waals surface area contributed by atoms with E-state index in [1.807, 2.05) is 17.5 Å². The van der Waals surface area contributed by atoms with Crippen LogP contribution in [0, 0.1) is 0 Å². The van der Waals surface area contributed by atoms with Gasteiger partial charge in [-0.25, -0.2) is 4.98 Å². The summed E-state index contributed by atoms with van der Waals surface area (Å²) in [5.41, 5.74) is 5.84. The van der Waals surface area contributed by atoms with Gasteiger partial charge in [-0.3, -0.25) is 10.2 Å². The zero-order chi connectivity index (χ0) is 18.2. The lowest BCUT2D eigenvalue weighted by Gasteiger charge is -2.20. The Morgan fingerprint density at radius 2 is 2.12 bits per heavy atom. The molecule has 6 nitrogen and oxygen atoms in total. The summed E-state index contributed by atoms with van der Waals surface area (Å²) in [6.07, 6.45) is 1.93. The Labute approximate surface area is 152 Å². The number of hydrazone groups is 1. The van der Waals surface area contributed by atoms with Crippen LogP contribution in [0.5, 0.6) is 0 Å². The lowest BCUT2D eigenvalue weighted by molar-refractivity contribution is -0.142. The highest BCUT2D eigenvalue weighted by Crippen LogP contribution is 2.18. The number of hydrogen-bond acceptors (Lipinski definition) is 7. The number of thiazole rings is 1. The fourth-order valence-corrected chi connectivity index (χ4v) is 2.78. The standard InChI is InChI=1S/C18H24N4O2S/c1-5-24-17(23)10-16-12-25-18(20-16)21-19-11-14-6-8-15(9-7-14)13(2)22(3)4/h6-9,11-13H,5,10H2,1-4H3,(H,20,21). The van der Waals surface area contributed by atoms with Crippen LogP contribution >= 0.6 is 11.3 Å². The van der Waals surface area contributed by atoms with E-state index in [1.54, 1.807) is 13.1 Å². The van der Waals surface area contributed by atoms with Gasteiger partial charge in [-0.1, -0.05) is 24.3 Å². The summed E-state index contributed by atoms with van der Waals surface area (Å²) in [5.74, 6) is -0.269. The summed E-state index contributed by atoms with van der Waals surface area (Å²) in [6.45, 7) is 4.33. The zero-order valence-corrected chi connectivity index (χ0v) is 15.8. The van der Waals surface area contributed by atoms with Crippen molar-refractivity contribution in [1.82, 2.24) is 9.88 Å². The maximum atomic E-state index is 11.4. The van der Waals surface area contributed by atoms with Crippen LogP contribution in [-0.4, -0.2) is 42.8 Å². The van der Waals surface area contributed by atoms with Gasteiger partial charge in [0, 0.05) is 11.4 Å². The lowest BCUT2D eigenvalue weighted by Crippen LogP contribution is -2.16. The molecule has 2 aromatic rings. The summed E-state index contributed by atoms with van der Waals surface area (Å²) < 4.78 is 4.91. The molecule has 2 rings (SSSR count). The Hall–Kier alpha value is -2.25. The third-order valence-corrected chi connectivity index (χ3v) is 4.55. The van der Waals surface area contributed by atoms with Crippen molar-refractivity contribution in [2.75, 3.05) is 26.1 Å². The number of anilines is 1. The number of ether oxygens (including phenoxy) is 1. The number of nitrogens with zero attached hydrogens (tertiary/aromatic N) is 3. The van der Waals surface area contributed by atoms with Crippen LogP contribution in [0.25, 0.3) is 0 Å². The van der Waals surface area contributed by atoms with E-state index in [1.165, 1.54) is 16.9 Å². The first-order valence-electron chi connectivity index (χ1n) is 8.15.